The quantitative estimate of drug-likeness (QED) is 0.692. The summed E-state index contributed by atoms with van der Waals surface area (Å²) >= 11 is 0. The van der Waals surface area contributed by atoms with Crippen molar-refractivity contribution in [2.24, 2.45) is 17.3 Å². The lowest BCUT2D eigenvalue weighted by Crippen LogP contribution is -2.47. The largest absolute Gasteiger partial charge is 0.351 e. The molecule has 0 unspecified atom stereocenters. The number of halogens is 1. The third kappa shape index (κ3) is 5.23. The molecule has 6 heteroatoms. The summed E-state index contributed by atoms with van der Waals surface area (Å²) in [7, 11) is 0. The number of hydrogen-bond acceptors (Lipinski definition) is 3. The van der Waals surface area contributed by atoms with E-state index in [9.17, 15) is 9.59 Å². The van der Waals surface area contributed by atoms with E-state index >= 15 is 0 Å². The molecule has 5 nitrogen and oxygen atoms in total. The summed E-state index contributed by atoms with van der Waals surface area (Å²) in [6, 6.07) is 7.74. The van der Waals surface area contributed by atoms with E-state index in [1.165, 1.54) is 6.42 Å². The van der Waals surface area contributed by atoms with Gasteiger partial charge in [0.1, 0.15) is 0 Å². The van der Waals surface area contributed by atoms with Crippen molar-refractivity contribution in [2.75, 3.05) is 18.4 Å². The molecule has 1 saturated heterocycles. The molecule has 2 amide bonds. The fraction of sp³-hybridized carbons (Fsp3) is 0.619. The summed E-state index contributed by atoms with van der Waals surface area (Å²) in [5.74, 6) is 1.02. The number of carbonyl (C=O) groups is 2. The molecule has 0 bridgehead atoms. The van der Waals surface area contributed by atoms with E-state index in [1.807, 2.05) is 38.1 Å². The van der Waals surface area contributed by atoms with E-state index < -0.39 is 0 Å². The zero-order valence-electron chi connectivity index (χ0n) is 16.3. The van der Waals surface area contributed by atoms with Gasteiger partial charge in [0.05, 0.1) is 5.41 Å². The van der Waals surface area contributed by atoms with Crippen molar-refractivity contribution < 1.29 is 9.59 Å². The Morgan fingerprint density at radius 2 is 2.11 bits per heavy atom. The van der Waals surface area contributed by atoms with Gasteiger partial charge in [0.2, 0.25) is 11.8 Å². The molecule has 27 heavy (non-hydrogen) atoms. The van der Waals surface area contributed by atoms with Crippen LogP contribution in [0.5, 0.6) is 0 Å². The maximum absolute atomic E-state index is 12.9. The van der Waals surface area contributed by atoms with Crippen LogP contribution >= 0.6 is 12.4 Å². The Hall–Kier alpha value is -1.59. The lowest BCUT2D eigenvalue weighted by atomic mass is 9.67. The van der Waals surface area contributed by atoms with Gasteiger partial charge in [-0.1, -0.05) is 38.8 Å². The molecule has 2 aliphatic rings. The van der Waals surface area contributed by atoms with Gasteiger partial charge in [-0.15, -0.1) is 12.4 Å². The second kappa shape index (κ2) is 9.56. The summed E-state index contributed by atoms with van der Waals surface area (Å²) in [6.07, 6.45) is 5.03. The van der Waals surface area contributed by atoms with E-state index in [-0.39, 0.29) is 29.6 Å². The fourth-order valence-corrected chi connectivity index (χ4v) is 4.39. The molecule has 1 aliphatic carbocycles. The molecule has 2 atom stereocenters. The predicted octanol–water partition coefficient (Wildman–Crippen LogP) is 3.49. The van der Waals surface area contributed by atoms with Gasteiger partial charge < -0.3 is 16.0 Å². The second-order valence-electron chi connectivity index (χ2n) is 8.26. The average Bonchev–Trinajstić information content (AvgIpc) is 3.04. The van der Waals surface area contributed by atoms with Crippen LogP contribution in [0, 0.1) is 17.3 Å². The average molecular weight is 394 g/mol. The number of carbonyl (C=O) groups excluding carboxylic acids is 2. The first kappa shape index (κ1) is 21.7. The highest BCUT2D eigenvalue weighted by atomic mass is 35.5. The molecule has 0 radical (unpaired) electrons. The molecule has 2 fully saturated rings. The molecule has 3 N–H and O–H groups in total. The third-order valence-electron chi connectivity index (χ3n) is 5.75. The lowest BCUT2D eigenvalue weighted by Gasteiger charge is -2.37. The van der Waals surface area contributed by atoms with Crippen LogP contribution in [0.1, 0.15) is 51.5 Å². The summed E-state index contributed by atoms with van der Waals surface area (Å²) in [6.45, 7) is 6.32. The highest BCUT2D eigenvalue weighted by Gasteiger charge is 2.49. The number of benzene rings is 1. The Bertz CT molecular complexity index is 665. The fourth-order valence-electron chi connectivity index (χ4n) is 4.39. The molecule has 1 heterocycles. The van der Waals surface area contributed by atoms with Gasteiger partial charge in [0.25, 0.3) is 0 Å². The molecule has 1 aliphatic heterocycles. The first-order chi connectivity index (χ1) is 12.5. The van der Waals surface area contributed by atoms with Crippen molar-refractivity contribution in [2.45, 2.75) is 52.5 Å². The monoisotopic (exact) mass is 393 g/mol. The van der Waals surface area contributed by atoms with Crippen molar-refractivity contribution in [1.82, 2.24) is 10.6 Å². The normalized spacial score (nSPS) is 24.0. The van der Waals surface area contributed by atoms with Gasteiger partial charge in [0, 0.05) is 25.2 Å². The summed E-state index contributed by atoms with van der Waals surface area (Å²) < 4.78 is 0. The highest BCUT2D eigenvalue weighted by Crippen LogP contribution is 2.43. The Morgan fingerprint density at radius 1 is 1.30 bits per heavy atom. The molecule has 3 rings (SSSR count). The van der Waals surface area contributed by atoms with Gasteiger partial charge in [-0.3, -0.25) is 9.59 Å². The Labute approximate surface area is 168 Å². The van der Waals surface area contributed by atoms with Crippen LogP contribution in [-0.2, 0) is 16.1 Å². The van der Waals surface area contributed by atoms with Gasteiger partial charge in [-0.2, -0.15) is 0 Å². The second-order valence-corrected chi connectivity index (χ2v) is 8.26. The van der Waals surface area contributed by atoms with Crippen molar-refractivity contribution in [3.63, 3.8) is 0 Å². The Balaban J connectivity index is 0.00000261. The van der Waals surface area contributed by atoms with Crippen LogP contribution in [0.2, 0.25) is 0 Å². The molecule has 1 aromatic rings. The molecular weight excluding hydrogens is 362 g/mol. The number of anilines is 1. The van der Waals surface area contributed by atoms with E-state index in [4.69, 9.17) is 0 Å². The minimum atomic E-state index is -0.221. The molecule has 1 aromatic carbocycles. The smallest absolute Gasteiger partial charge is 0.228 e. The summed E-state index contributed by atoms with van der Waals surface area (Å²) in [5, 5.41) is 9.51. The van der Waals surface area contributed by atoms with Crippen LogP contribution in [-0.4, -0.2) is 24.9 Å². The molecular formula is C21H32ClN3O2. The number of amides is 2. The summed E-state index contributed by atoms with van der Waals surface area (Å²) in [5.41, 5.74) is 1.58. The van der Waals surface area contributed by atoms with Crippen molar-refractivity contribution in [3.05, 3.63) is 29.8 Å². The standard InChI is InChI=1S/C21H31N3O2.ClH/c1-15(2)10-19(25)24-18-8-5-6-16(11-18)12-23-20(26)21-9-4-3-7-17(21)13-22-14-21;/h5-6,8,11,15,17,22H,3-4,7,9-10,12-14H2,1-2H3,(H,23,26)(H,24,25);1H/t17-,21+;/m0./s1. The first-order valence-electron chi connectivity index (χ1n) is 9.87. The first-order valence-corrected chi connectivity index (χ1v) is 9.87. The van der Waals surface area contributed by atoms with Crippen molar-refractivity contribution in [1.29, 1.82) is 0 Å². The number of fused-ring (bicyclic) bond motifs is 1. The van der Waals surface area contributed by atoms with Gasteiger partial charge in [-0.25, -0.2) is 0 Å². The molecule has 1 saturated carbocycles. The molecule has 150 valence electrons. The maximum Gasteiger partial charge on any atom is 0.228 e. The van der Waals surface area contributed by atoms with Crippen molar-refractivity contribution >= 4 is 29.9 Å². The number of rotatable bonds is 6. The number of nitrogens with one attached hydrogen (secondary N) is 3. The predicted molar refractivity (Wildman–Crippen MR) is 111 cm³/mol. The molecule has 0 spiro atoms. The third-order valence-corrected chi connectivity index (χ3v) is 5.75. The Kier molecular flexibility index (Phi) is 7.68. The minimum absolute atomic E-state index is 0. The van der Waals surface area contributed by atoms with Gasteiger partial charge in [0.15, 0.2) is 0 Å². The lowest BCUT2D eigenvalue weighted by molar-refractivity contribution is -0.134. The number of hydrogen-bond donors (Lipinski definition) is 3. The SMILES string of the molecule is CC(C)CC(=O)Nc1cccc(CNC(=O)[C@@]23CCCC[C@H]2CNC3)c1.Cl. The van der Waals surface area contributed by atoms with Gasteiger partial charge >= 0.3 is 0 Å². The van der Waals surface area contributed by atoms with E-state index in [0.29, 0.717) is 24.8 Å². The zero-order chi connectivity index (χ0) is 18.6. The van der Waals surface area contributed by atoms with Crippen LogP contribution in [0.25, 0.3) is 0 Å². The maximum atomic E-state index is 12.9. The topological polar surface area (TPSA) is 70.2 Å². The van der Waals surface area contributed by atoms with E-state index in [2.05, 4.69) is 16.0 Å². The van der Waals surface area contributed by atoms with Crippen LogP contribution in [0.3, 0.4) is 0 Å². The van der Waals surface area contributed by atoms with Crippen LogP contribution in [0.15, 0.2) is 24.3 Å². The van der Waals surface area contributed by atoms with Crippen LogP contribution < -0.4 is 16.0 Å². The Morgan fingerprint density at radius 3 is 2.89 bits per heavy atom. The van der Waals surface area contributed by atoms with Crippen molar-refractivity contribution in [3.8, 4) is 0 Å². The summed E-state index contributed by atoms with van der Waals surface area (Å²) in [4.78, 5) is 24.9. The van der Waals surface area contributed by atoms with Crippen LogP contribution in [0.4, 0.5) is 5.69 Å². The van der Waals surface area contributed by atoms with E-state index in [1.54, 1.807) is 0 Å². The zero-order valence-corrected chi connectivity index (χ0v) is 17.2. The van der Waals surface area contributed by atoms with E-state index in [0.717, 1.165) is 43.6 Å². The van der Waals surface area contributed by atoms with Gasteiger partial charge in [-0.05, 0) is 48.9 Å². The highest BCUT2D eigenvalue weighted by molar-refractivity contribution is 5.91. The molecule has 0 aromatic heterocycles. The minimum Gasteiger partial charge on any atom is -0.351 e.